The normalized spacial score (nSPS) is 25.9. The van der Waals surface area contributed by atoms with Gasteiger partial charge in [-0.3, -0.25) is 19.2 Å². The number of alkyl halides is 2. The number of rotatable bonds is 20. The van der Waals surface area contributed by atoms with Crippen molar-refractivity contribution in [3.05, 3.63) is 36.6 Å². The Labute approximate surface area is 405 Å². The smallest absolute Gasteiger partial charge is 0.250 e. The van der Waals surface area contributed by atoms with Crippen LogP contribution in [0.4, 0.5) is 0 Å². The van der Waals surface area contributed by atoms with E-state index < -0.39 is 113 Å². The summed E-state index contributed by atoms with van der Waals surface area (Å²) in [6, 6.07) is 0. The molecule has 0 radical (unpaired) electrons. The molecule has 2 rings (SSSR count). The number of primary amides is 2. The predicted molar refractivity (Wildman–Crippen MR) is 255 cm³/mol. The van der Waals surface area contributed by atoms with Gasteiger partial charge in [-0.1, -0.05) is 45.2 Å². The Morgan fingerprint density at radius 1 is 0.571 bits per heavy atom. The van der Waals surface area contributed by atoms with Crippen LogP contribution in [0.15, 0.2) is 36.6 Å². The number of carbonyl (C=O) groups is 4. The quantitative estimate of drug-likeness (QED) is 0.0560. The summed E-state index contributed by atoms with van der Waals surface area (Å²) in [5.74, 6) is -3.61. The van der Waals surface area contributed by atoms with Gasteiger partial charge in [-0.25, -0.2) is 0 Å². The van der Waals surface area contributed by atoms with Crippen molar-refractivity contribution in [1.29, 1.82) is 0 Å². The fourth-order valence-electron chi connectivity index (χ4n) is 6.74. The van der Waals surface area contributed by atoms with Gasteiger partial charge in [0.2, 0.25) is 23.6 Å². The second-order valence-corrected chi connectivity index (χ2v) is 20.1. The van der Waals surface area contributed by atoms with Gasteiger partial charge in [0.15, 0.2) is 11.1 Å². The average Bonchev–Trinajstić information content (AvgIpc) is 3.13. The Kier molecular flexibility index (Phi) is 21.6. The van der Waals surface area contributed by atoms with Crippen LogP contribution in [-0.2, 0) is 19.2 Å². The Bertz CT molecular complexity index is 1530. The van der Waals surface area contributed by atoms with E-state index in [1.54, 1.807) is 0 Å². The average molecular weight is 1470 g/mol. The van der Waals surface area contributed by atoms with E-state index in [-0.39, 0.29) is 32.8 Å². The van der Waals surface area contributed by atoms with Crippen molar-refractivity contribution >= 4 is 159 Å². The van der Waals surface area contributed by atoms with Crippen molar-refractivity contribution in [1.82, 2.24) is 9.80 Å². The molecule has 17 nitrogen and oxygen atoms in total. The van der Waals surface area contributed by atoms with Gasteiger partial charge in [-0.2, -0.15) is 0 Å². The van der Waals surface area contributed by atoms with Crippen LogP contribution >= 0.6 is 136 Å². The van der Waals surface area contributed by atoms with Gasteiger partial charge in [0.25, 0.3) is 0 Å². The molecule has 0 spiro atoms. The molecule has 2 aliphatic carbocycles. The number of amides is 4. The molecule has 0 aliphatic heterocycles. The summed E-state index contributed by atoms with van der Waals surface area (Å²) < 4.78 is -0.681. The van der Waals surface area contributed by atoms with Crippen LogP contribution in [-0.4, -0.2) is 168 Å². The molecule has 0 aromatic carbocycles. The Morgan fingerprint density at radius 2 is 0.839 bits per heavy atom. The summed E-state index contributed by atoms with van der Waals surface area (Å²) in [7, 11) is 0. The number of aliphatic hydroxyl groups is 9. The fraction of sp³-hybridized carbons (Fsp3) is 0.636. The topological polar surface area (TPSA) is 309 Å². The third kappa shape index (κ3) is 10.9. The van der Waals surface area contributed by atoms with Gasteiger partial charge < -0.3 is 67.2 Å². The van der Waals surface area contributed by atoms with Crippen molar-refractivity contribution in [2.75, 3.05) is 39.5 Å². The van der Waals surface area contributed by atoms with Gasteiger partial charge in [0, 0.05) is 54.1 Å². The minimum Gasteiger partial charge on any atom is -0.394 e. The molecule has 8 unspecified atom stereocenters. The maximum Gasteiger partial charge on any atom is 0.250 e. The molecule has 0 bridgehead atoms. The second kappa shape index (κ2) is 22.8. The van der Waals surface area contributed by atoms with Gasteiger partial charge in [-0.15, -0.1) is 0 Å². The highest BCUT2D eigenvalue weighted by Gasteiger charge is 2.59. The summed E-state index contributed by atoms with van der Waals surface area (Å²) in [5, 5.41) is 92.9. The Morgan fingerprint density at radius 3 is 1.07 bits per heavy atom. The molecule has 318 valence electrons. The lowest BCUT2D eigenvalue weighted by molar-refractivity contribution is -0.147. The Balaban J connectivity index is 2.90. The third-order valence-electron chi connectivity index (χ3n) is 9.42. The first-order valence-electron chi connectivity index (χ1n) is 16.8. The minimum atomic E-state index is -2.08. The van der Waals surface area contributed by atoms with E-state index >= 15 is 0 Å². The minimum absolute atomic E-state index is 0.177. The first-order chi connectivity index (χ1) is 26.0. The zero-order chi connectivity index (χ0) is 43.2. The summed E-state index contributed by atoms with van der Waals surface area (Å²) in [5.41, 5.74) is 9.62. The number of hydrogen-bond acceptors (Lipinski definition) is 13. The lowest BCUT2D eigenvalue weighted by Gasteiger charge is -2.51. The number of carbonyl (C=O) groups excluding carboxylic acids is 4. The molecule has 4 amide bonds. The van der Waals surface area contributed by atoms with Crippen molar-refractivity contribution in [3.8, 4) is 0 Å². The number of β-amino-alcohol motifs (C(OH)–C–C–N with tert-alkyl or cyclic N) is 1. The number of hydrogen-bond donors (Lipinski definition) is 11. The van der Waals surface area contributed by atoms with Crippen LogP contribution in [0.1, 0.15) is 39.5 Å². The molecule has 2 aliphatic rings. The van der Waals surface area contributed by atoms with E-state index in [1.165, 1.54) is 0 Å². The van der Waals surface area contributed by atoms with Crippen molar-refractivity contribution in [2.45, 2.75) is 89.0 Å². The molecule has 0 saturated carbocycles. The van der Waals surface area contributed by atoms with Gasteiger partial charge >= 0.3 is 0 Å². The molecule has 0 heterocycles. The van der Waals surface area contributed by atoms with Crippen LogP contribution in [0.25, 0.3) is 0 Å². The standard InChI is InChI=1S/C33H46I6N4O13/c1-13(48)42(32(30(40)55)26(36)20(3-15(50)9-44)24(34)21(27(32)37)4-16(51)10-45)7-19(54)8-43(14(2)49)33(31(41)56)28(38)22(5-17(52)11-46)25(35)23(29(33)39)6-18(53)12-47/h15-19,26,28,44-47,50-54H,3-12H2,1-2H3,(H2,40,55)(H2,41,56). The monoisotopic (exact) mass is 1470 g/mol. The lowest BCUT2D eigenvalue weighted by Crippen LogP contribution is -2.69. The van der Waals surface area contributed by atoms with E-state index in [0.717, 1.165) is 23.6 Å². The lowest BCUT2D eigenvalue weighted by atomic mass is 9.77. The first-order valence-corrected chi connectivity index (χ1v) is 23.6. The zero-order valence-electron chi connectivity index (χ0n) is 30.1. The van der Waals surface area contributed by atoms with Crippen LogP contribution in [0.5, 0.6) is 0 Å². The van der Waals surface area contributed by atoms with Crippen molar-refractivity contribution < 1.29 is 65.1 Å². The molecule has 13 N–H and O–H groups in total. The fourth-order valence-corrected chi connectivity index (χ4v) is 18.0. The van der Waals surface area contributed by atoms with E-state index in [2.05, 4.69) is 0 Å². The zero-order valence-corrected chi connectivity index (χ0v) is 43.0. The SMILES string of the molecule is CC(=O)N(CC(O)CN(C(C)=O)C1(C(N)=O)C(I)=C(CC(O)CO)C(I)=C(CC(O)CO)C1I)C1(C(N)=O)C(I)=C(CC(O)CO)C(I)=C(CC(O)CO)C1I. The van der Waals surface area contributed by atoms with E-state index in [4.69, 9.17) is 11.5 Å². The number of halogens is 6. The highest BCUT2D eigenvalue weighted by atomic mass is 127. The largest absolute Gasteiger partial charge is 0.394 e. The molecule has 0 aromatic rings. The van der Waals surface area contributed by atoms with Gasteiger partial charge in [-0.05, 0) is 125 Å². The summed E-state index contributed by atoms with van der Waals surface area (Å²) in [6.07, 6.45) is -7.67. The molecule has 23 heteroatoms. The second-order valence-electron chi connectivity index (χ2n) is 13.3. The van der Waals surface area contributed by atoms with Crippen LogP contribution < -0.4 is 11.5 Å². The van der Waals surface area contributed by atoms with E-state index in [9.17, 15) is 65.1 Å². The number of nitrogens with two attached hydrogens (primary N) is 2. The molecule has 8 atom stereocenters. The van der Waals surface area contributed by atoms with Crippen LogP contribution in [0.3, 0.4) is 0 Å². The molecule has 0 saturated heterocycles. The number of allylic oxidation sites excluding steroid dienone is 2. The van der Waals surface area contributed by atoms with Crippen molar-refractivity contribution in [2.24, 2.45) is 11.5 Å². The maximum atomic E-state index is 13.9. The predicted octanol–water partition coefficient (Wildman–Crippen LogP) is -0.143. The van der Waals surface area contributed by atoms with Crippen molar-refractivity contribution in [3.63, 3.8) is 0 Å². The highest BCUT2D eigenvalue weighted by Crippen LogP contribution is 2.54. The van der Waals surface area contributed by atoms with Crippen LogP contribution in [0.2, 0.25) is 0 Å². The first kappa shape index (κ1) is 53.0. The number of aliphatic hydroxyl groups excluding tert-OH is 9. The van der Waals surface area contributed by atoms with Gasteiger partial charge in [0.05, 0.1) is 64.8 Å². The summed E-state index contributed by atoms with van der Waals surface area (Å²) in [4.78, 5) is 57.3. The van der Waals surface area contributed by atoms with E-state index in [1.807, 2.05) is 136 Å². The highest BCUT2D eigenvalue weighted by molar-refractivity contribution is 14.1. The Hall–Kier alpha value is 0.860. The van der Waals surface area contributed by atoms with Crippen LogP contribution in [0, 0.1) is 0 Å². The third-order valence-corrected chi connectivity index (χ3v) is 18.4. The molecule has 56 heavy (non-hydrogen) atoms. The molecular formula is C33H46I6N4O13. The van der Waals surface area contributed by atoms with Gasteiger partial charge in [0.1, 0.15) is 0 Å². The number of nitrogens with zero attached hydrogens (tertiary/aromatic N) is 2. The summed E-state index contributed by atoms with van der Waals surface area (Å²) >= 11 is 11.4. The molecule has 0 fully saturated rings. The summed E-state index contributed by atoms with van der Waals surface area (Å²) in [6.45, 7) is -1.67. The molecular weight excluding hydrogens is 1420 g/mol. The molecule has 0 aromatic heterocycles. The maximum absolute atomic E-state index is 13.9. The van der Waals surface area contributed by atoms with E-state index in [0.29, 0.717) is 29.5 Å².